The van der Waals surface area contributed by atoms with Gasteiger partial charge in [0, 0.05) is 29.2 Å². The van der Waals surface area contributed by atoms with Crippen molar-refractivity contribution in [2.24, 2.45) is 0 Å². The molecule has 0 saturated carbocycles. The first-order valence-corrected chi connectivity index (χ1v) is 13.7. The Balaban J connectivity index is 1.39. The van der Waals surface area contributed by atoms with Gasteiger partial charge >= 0.3 is 0 Å². The zero-order valence-corrected chi connectivity index (χ0v) is 21.4. The van der Waals surface area contributed by atoms with Gasteiger partial charge in [-0.25, -0.2) is 19.9 Å². The standard InChI is InChI=1S/C30H17N5OS2/c1-3-9-23-21(7-1)35(22-8-2-4-10-24(22)36-23)20-16-18(29-33-27-25(37-29)11-5-13-31-27)15-19(17-20)30-34-28-26(38-30)12-6-14-32-28/h1-17H. The fourth-order valence-electron chi connectivity index (χ4n) is 4.75. The average Bonchev–Trinajstić information content (AvgIpc) is 3.60. The van der Waals surface area contributed by atoms with Gasteiger partial charge < -0.3 is 9.64 Å². The molecule has 5 heterocycles. The van der Waals surface area contributed by atoms with Gasteiger partial charge in [-0.05, 0) is 66.7 Å². The van der Waals surface area contributed by atoms with E-state index in [2.05, 4.69) is 57.3 Å². The number of rotatable bonds is 3. The number of benzene rings is 3. The molecule has 0 saturated heterocycles. The van der Waals surface area contributed by atoms with Crippen molar-refractivity contribution in [2.75, 3.05) is 4.90 Å². The lowest BCUT2D eigenvalue weighted by atomic mass is 10.1. The van der Waals surface area contributed by atoms with Crippen LogP contribution in [0.1, 0.15) is 0 Å². The Morgan fingerprint density at radius 2 is 1.11 bits per heavy atom. The van der Waals surface area contributed by atoms with E-state index in [1.807, 2.05) is 48.5 Å². The van der Waals surface area contributed by atoms with E-state index in [1.54, 1.807) is 35.1 Å². The minimum absolute atomic E-state index is 0.755. The predicted octanol–water partition coefficient (Wildman–Crippen LogP) is 8.61. The van der Waals surface area contributed by atoms with Crippen LogP contribution in [0.4, 0.5) is 17.1 Å². The SMILES string of the molecule is c1ccc2c(c1)Oc1ccccc1N2c1cc(-c2nc3ncccc3s2)cc(-c2nc3ncccc3s2)c1. The van der Waals surface area contributed by atoms with Gasteiger partial charge in [0.05, 0.1) is 20.8 Å². The Bertz CT molecular complexity index is 1790. The molecule has 0 amide bonds. The first kappa shape index (κ1) is 21.4. The molecular weight excluding hydrogens is 510 g/mol. The molecule has 4 aromatic heterocycles. The van der Waals surface area contributed by atoms with Crippen LogP contribution in [0, 0.1) is 0 Å². The molecule has 0 atom stereocenters. The summed E-state index contributed by atoms with van der Waals surface area (Å²) in [6.45, 7) is 0. The Kier molecular flexibility index (Phi) is 4.76. The molecule has 0 radical (unpaired) electrons. The number of hydrogen-bond acceptors (Lipinski definition) is 8. The van der Waals surface area contributed by atoms with Gasteiger partial charge in [-0.3, -0.25) is 0 Å². The van der Waals surface area contributed by atoms with Crippen molar-refractivity contribution in [1.29, 1.82) is 0 Å². The molecule has 0 spiro atoms. The van der Waals surface area contributed by atoms with Gasteiger partial charge in [0.25, 0.3) is 0 Å². The first-order chi connectivity index (χ1) is 18.8. The lowest BCUT2D eigenvalue weighted by molar-refractivity contribution is 0.477. The summed E-state index contributed by atoms with van der Waals surface area (Å²) >= 11 is 3.28. The van der Waals surface area contributed by atoms with Crippen LogP contribution in [0.15, 0.2) is 103 Å². The van der Waals surface area contributed by atoms with Gasteiger partial charge in [-0.1, -0.05) is 24.3 Å². The van der Waals surface area contributed by atoms with Crippen molar-refractivity contribution in [2.45, 2.75) is 0 Å². The molecule has 0 N–H and O–H groups in total. The summed E-state index contributed by atoms with van der Waals surface area (Å²) < 4.78 is 8.37. The van der Waals surface area contributed by atoms with Crippen LogP contribution in [-0.2, 0) is 0 Å². The van der Waals surface area contributed by atoms with Gasteiger partial charge in [-0.2, -0.15) is 0 Å². The maximum atomic E-state index is 6.26. The lowest BCUT2D eigenvalue weighted by Gasteiger charge is -2.33. The summed E-state index contributed by atoms with van der Waals surface area (Å²) in [5.41, 5.74) is 6.48. The smallest absolute Gasteiger partial charge is 0.170 e. The van der Waals surface area contributed by atoms with Gasteiger partial charge in [0.1, 0.15) is 10.0 Å². The Hall–Kier alpha value is -4.66. The number of nitrogens with zero attached hydrogens (tertiary/aromatic N) is 5. The Labute approximate surface area is 225 Å². The third-order valence-electron chi connectivity index (χ3n) is 6.43. The highest BCUT2D eigenvalue weighted by Crippen LogP contribution is 2.51. The maximum Gasteiger partial charge on any atom is 0.170 e. The molecule has 0 aliphatic carbocycles. The third-order valence-corrected chi connectivity index (χ3v) is 8.55. The van der Waals surface area contributed by atoms with E-state index in [0.29, 0.717) is 0 Å². The average molecular weight is 528 g/mol. The molecule has 1 aliphatic heterocycles. The summed E-state index contributed by atoms with van der Waals surface area (Å²) in [7, 11) is 0. The summed E-state index contributed by atoms with van der Waals surface area (Å²) in [5.74, 6) is 1.62. The second-order valence-corrected chi connectivity index (χ2v) is 10.9. The highest BCUT2D eigenvalue weighted by Gasteiger charge is 2.26. The number of aromatic nitrogens is 4. The lowest BCUT2D eigenvalue weighted by Crippen LogP contribution is -2.15. The van der Waals surface area contributed by atoms with E-state index in [-0.39, 0.29) is 0 Å². The largest absolute Gasteiger partial charge is 0.453 e. The number of fused-ring (bicyclic) bond motifs is 4. The van der Waals surface area contributed by atoms with Crippen LogP contribution >= 0.6 is 22.7 Å². The molecule has 8 rings (SSSR count). The fourth-order valence-corrected chi connectivity index (χ4v) is 6.58. The predicted molar refractivity (Wildman–Crippen MR) is 154 cm³/mol. The van der Waals surface area contributed by atoms with Crippen molar-refractivity contribution in [3.8, 4) is 32.6 Å². The monoisotopic (exact) mass is 527 g/mol. The van der Waals surface area contributed by atoms with E-state index >= 15 is 0 Å². The molecule has 6 nitrogen and oxygen atoms in total. The summed E-state index contributed by atoms with van der Waals surface area (Å²) in [6.07, 6.45) is 3.56. The summed E-state index contributed by atoms with van der Waals surface area (Å²) in [6, 6.07) is 30.8. The second kappa shape index (κ2) is 8.44. The van der Waals surface area contributed by atoms with Gasteiger partial charge in [0.2, 0.25) is 0 Å². The fraction of sp³-hybridized carbons (Fsp3) is 0. The van der Waals surface area contributed by atoms with Crippen molar-refractivity contribution in [3.05, 3.63) is 103 Å². The number of para-hydroxylation sites is 4. The number of pyridine rings is 2. The first-order valence-electron chi connectivity index (χ1n) is 12.1. The topological polar surface area (TPSA) is 64.0 Å². The maximum absolute atomic E-state index is 6.26. The van der Waals surface area contributed by atoms with Crippen molar-refractivity contribution in [1.82, 2.24) is 19.9 Å². The number of thiazole rings is 2. The number of anilines is 3. The number of hydrogen-bond donors (Lipinski definition) is 0. The Morgan fingerprint density at radius 3 is 1.63 bits per heavy atom. The molecular formula is C30H17N5OS2. The molecule has 3 aromatic carbocycles. The molecule has 0 unspecified atom stereocenters. The highest BCUT2D eigenvalue weighted by atomic mass is 32.1. The molecule has 1 aliphatic rings. The minimum Gasteiger partial charge on any atom is -0.453 e. The van der Waals surface area contributed by atoms with Crippen LogP contribution in [0.25, 0.3) is 41.8 Å². The van der Waals surface area contributed by atoms with Crippen LogP contribution in [-0.4, -0.2) is 19.9 Å². The second-order valence-electron chi connectivity index (χ2n) is 8.83. The van der Waals surface area contributed by atoms with Gasteiger partial charge in [-0.15, -0.1) is 22.7 Å². The van der Waals surface area contributed by atoms with Crippen LogP contribution in [0.3, 0.4) is 0 Å². The van der Waals surface area contributed by atoms with Crippen molar-refractivity contribution >= 4 is 60.4 Å². The van der Waals surface area contributed by atoms with Crippen LogP contribution < -0.4 is 9.64 Å². The van der Waals surface area contributed by atoms with E-state index in [9.17, 15) is 0 Å². The molecule has 180 valence electrons. The van der Waals surface area contributed by atoms with E-state index < -0.39 is 0 Å². The number of ether oxygens (including phenoxy) is 1. The van der Waals surface area contributed by atoms with E-state index in [4.69, 9.17) is 14.7 Å². The minimum atomic E-state index is 0.755. The molecule has 0 fully saturated rings. The van der Waals surface area contributed by atoms with E-state index in [0.717, 1.165) is 70.4 Å². The van der Waals surface area contributed by atoms with Crippen LogP contribution in [0.5, 0.6) is 11.5 Å². The quantitative estimate of drug-likeness (QED) is 0.229. The summed E-state index contributed by atoms with van der Waals surface area (Å²) in [5, 5.41) is 1.83. The molecule has 38 heavy (non-hydrogen) atoms. The highest BCUT2D eigenvalue weighted by molar-refractivity contribution is 7.22. The van der Waals surface area contributed by atoms with Crippen LogP contribution in [0.2, 0.25) is 0 Å². The van der Waals surface area contributed by atoms with Crippen molar-refractivity contribution in [3.63, 3.8) is 0 Å². The third kappa shape index (κ3) is 3.46. The Morgan fingerprint density at radius 1 is 0.579 bits per heavy atom. The van der Waals surface area contributed by atoms with Gasteiger partial charge in [0.15, 0.2) is 22.8 Å². The normalized spacial score (nSPS) is 12.4. The molecule has 7 aromatic rings. The zero-order chi connectivity index (χ0) is 25.1. The molecule has 8 heteroatoms. The molecule has 0 bridgehead atoms. The summed E-state index contributed by atoms with van der Waals surface area (Å²) in [4.78, 5) is 20.9. The van der Waals surface area contributed by atoms with Crippen molar-refractivity contribution < 1.29 is 4.74 Å². The zero-order valence-electron chi connectivity index (χ0n) is 19.8. The van der Waals surface area contributed by atoms with E-state index in [1.165, 1.54) is 0 Å².